The first-order valence-electron chi connectivity index (χ1n) is 9.37. The number of hydrogen-bond acceptors (Lipinski definition) is 3. The van der Waals surface area contributed by atoms with E-state index in [2.05, 4.69) is 5.32 Å². The van der Waals surface area contributed by atoms with Crippen molar-refractivity contribution in [3.8, 4) is 11.1 Å². The van der Waals surface area contributed by atoms with Crippen molar-refractivity contribution >= 4 is 18.0 Å². The Bertz CT molecular complexity index is 836. The lowest BCUT2D eigenvalue weighted by Gasteiger charge is -2.24. The number of amides is 2. The SMILES string of the molecule is C[C@H](C[C@@H](Cc1ccc(-c2ccccc2)cc1)NC(=O)N(C)CC(=O)O)C(=O)O. The average Bonchev–Trinajstić information content (AvgIpc) is 2.68. The third-order valence-electron chi connectivity index (χ3n) is 4.65. The van der Waals surface area contributed by atoms with Crippen molar-refractivity contribution in [2.45, 2.75) is 25.8 Å². The smallest absolute Gasteiger partial charge is 0.323 e. The van der Waals surface area contributed by atoms with Crippen molar-refractivity contribution in [2.75, 3.05) is 13.6 Å². The van der Waals surface area contributed by atoms with Gasteiger partial charge in [-0.25, -0.2) is 4.79 Å². The summed E-state index contributed by atoms with van der Waals surface area (Å²) in [6.07, 6.45) is 0.682. The van der Waals surface area contributed by atoms with E-state index in [1.165, 1.54) is 7.05 Å². The van der Waals surface area contributed by atoms with Gasteiger partial charge in [-0.3, -0.25) is 9.59 Å². The van der Waals surface area contributed by atoms with Crippen molar-refractivity contribution in [1.29, 1.82) is 0 Å². The molecule has 0 aromatic heterocycles. The third-order valence-corrected chi connectivity index (χ3v) is 4.65. The van der Waals surface area contributed by atoms with E-state index in [0.717, 1.165) is 21.6 Å². The van der Waals surface area contributed by atoms with Gasteiger partial charge in [0.15, 0.2) is 0 Å². The summed E-state index contributed by atoms with van der Waals surface area (Å²) in [7, 11) is 1.38. The quantitative estimate of drug-likeness (QED) is 0.602. The van der Waals surface area contributed by atoms with Gasteiger partial charge in [0.1, 0.15) is 6.54 Å². The number of likely N-dealkylation sites (N-methyl/N-ethyl adjacent to an activating group) is 1. The Labute approximate surface area is 170 Å². The first kappa shape index (κ1) is 21.9. The van der Waals surface area contributed by atoms with Crippen LogP contribution in [-0.2, 0) is 16.0 Å². The van der Waals surface area contributed by atoms with Gasteiger partial charge in [-0.05, 0) is 29.5 Å². The summed E-state index contributed by atoms with van der Waals surface area (Å²) in [6, 6.07) is 16.8. The third kappa shape index (κ3) is 6.95. The molecule has 0 fully saturated rings. The molecule has 2 amide bonds. The summed E-state index contributed by atoms with van der Waals surface area (Å²) in [5.74, 6) is -2.70. The highest BCUT2D eigenvalue weighted by Crippen LogP contribution is 2.20. The molecule has 2 aromatic rings. The summed E-state index contributed by atoms with van der Waals surface area (Å²) < 4.78 is 0. The molecule has 29 heavy (non-hydrogen) atoms. The molecule has 0 bridgehead atoms. The van der Waals surface area contributed by atoms with Crippen LogP contribution in [0.15, 0.2) is 54.6 Å². The molecule has 154 valence electrons. The normalized spacial score (nSPS) is 12.6. The van der Waals surface area contributed by atoms with Crippen LogP contribution in [0.2, 0.25) is 0 Å². The van der Waals surface area contributed by atoms with Gasteiger partial charge in [-0.2, -0.15) is 0 Å². The lowest BCUT2D eigenvalue weighted by molar-refractivity contribution is -0.141. The number of carboxylic acid groups (broad SMARTS) is 2. The molecule has 0 saturated heterocycles. The Morgan fingerprint density at radius 2 is 1.55 bits per heavy atom. The highest BCUT2D eigenvalue weighted by atomic mass is 16.4. The molecule has 2 rings (SSSR count). The van der Waals surface area contributed by atoms with Crippen molar-refractivity contribution in [1.82, 2.24) is 10.2 Å². The van der Waals surface area contributed by atoms with Gasteiger partial charge in [0.2, 0.25) is 0 Å². The molecule has 7 nitrogen and oxygen atoms in total. The number of aliphatic carboxylic acids is 2. The Morgan fingerprint density at radius 3 is 2.10 bits per heavy atom. The number of carbonyl (C=O) groups excluding carboxylic acids is 1. The second-order valence-corrected chi connectivity index (χ2v) is 7.14. The number of carbonyl (C=O) groups is 3. The molecule has 0 aliphatic heterocycles. The molecule has 0 spiro atoms. The van der Waals surface area contributed by atoms with Gasteiger partial charge < -0.3 is 20.4 Å². The zero-order chi connectivity index (χ0) is 21.4. The molecule has 2 aromatic carbocycles. The number of urea groups is 1. The van der Waals surface area contributed by atoms with Crippen LogP contribution in [0.5, 0.6) is 0 Å². The topological polar surface area (TPSA) is 107 Å². The van der Waals surface area contributed by atoms with E-state index >= 15 is 0 Å². The first-order valence-corrected chi connectivity index (χ1v) is 9.37. The molecule has 0 heterocycles. The molecule has 0 radical (unpaired) electrons. The number of hydrogen-bond donors (Lipinski definition) is 3. The van der Waals surface area contributed by atoms with Crippen LogP contribution in [0.4, 0.5) is 4.79 Å². The Kier molecular flexibility index (Phi) is 7.77. The van der Waals surface area contributed by atoms with Gasteiger partial charge in [-0.15, -0.1) is 0 Å². The van der Waals surface area contributed by atoms with E-state index in [9.17, 15) is 19.5 Å². The number of benzene rings is 2. The van der Waals surface area contributed by atoms with Crippen LogP contribution in [0.3, 0.4) is 0 Å². The summed E-state index contributed by atoms with van der Waals surface area (Å²) in [5, 5.41) is 20.8. The highest BCUT2D eigenvalue weighted by molar-refractivity contribution is 5.80. The van der Waals surface area contributed by atoms with E-state index in [0.29, 0.717) is 6.42 Å². The van der Waals surface area contributed by atoms with Gasteiger partial charge in [-0.1, -0.05) is 61.5 Å². The molecule has 0 aliphatic carbocycles. The predicted molar refractivity (Wildman–Crippen MR) is 110 cm³/mol. The Morgan fingerprint density at radius 1 is 0.966 bits per heavy atom. The fourth-order valence-corrected chi connectivity index (χ4v) is 3.03. The summed E-state index contributed by atoms with van der Waals surface area (Å²) in [5.41, 5.74) is 3.11. The fourth-order valence-electron chi connectivity index (χ4n) is 3.03. The van der Waals surface area contributed by atoms with Gasteiger partial charge in [0, 0.05) is 13.1 Å². The molecule has 0 unspecified atom stereocenters. The zero-order valence-corrected chi connectivity index (χ0v) is 16.5. The number of nitrogens with zero attached hydrogens (tertiary/aromatic N) is 1. The molecule has 0 saturated carbocycles. The van der Waals surface area contributed by atoms with Crippen molar-refractivity contribution in [3.05, 3.63) is 60.2 Å². The van der Waals surface area contributed by atoms with E-state index in [1.807, 2.05) is 54.6 Å². The van der Waals surface area contributed by atoms with E-state index < -0.39 is 36.5 Å². The standard InChI is InChI=1S/C22H26N2O5/c1-15(21(27)28)12-19(23-22(29)24(2)14-20(25)26)13-16-8-10-18(11-9-16)17-6-4-3-5-7-17/h3-11,15,19H,12-14H2,1-2H3,(H,23,29)(H,25,26)(H,27,28)/t15-,19+/m1/s1. The number of rotatable bonds is 9. The Balaban J connectivity index is 2.10. The van der Waals surface area contributed by atoms with Crippen LogP contribution in [-0.4, -0.2) is 52.7 Å². The second-order valence-electron chi connectivity index (χ2n) is 7.14. The van der Waals surface area contributed by atoms with Crippen LogP contribution in [0.25, 0.3) is 11.1 Å². The first-order chi connectivity index (χ1) is 13.8. The van der Waals surface area contributed by atoms with Crippen molar-refractivity contribution < 1.29 is 24.6 Å². The van der Waals surface area contributed by atoms with Crippen LogP contribution in [0, 0.1) is 5.92 Å². The van der Waals surface area contributed by atoms with Gasteiger partial charge in [0.25, 0.3) is 0 Å². The van der Waals surface area contributed by atoms with E-state index in [1.54, 1.807) is 6.92 Å². The lowest BCUT2D eigenvalue weighted by atomic mass is 9.95. The number of nitrogens with one attached hydrogen (secondary N) is 1. The lowest BCUT2D eigenvalue weighted by Crippen LogP contribution is -2.46. The van der Waals surface area contributed by atoms with Crippen LogP contribution >= 0.6 is 0 Å². The molecule has 7 heteroatoms. The maximum Gasteiger partial charge on any atom is 0.323 e. The minimum Gasteiger partial charge on any atom is -0.481 e. The minimum atomic E-state index is -1.12. The van der Waals surface area contributed by atoms with E-state index in [4.69, 9.17) is 5.11 Å². The molecule has 2 atom stereocenters. The van der Waals surface area contributed by atoms with Gasteiger partial charge in [0.05, 0.1) is 5.92 Å². The van der Waals surface area contributed by atoms with Crippen LogP contribution in [0.1, 0.15) is 18.9 Å². The summed E-state index contributed by atoms with van der Waals surface area (Å²) >= 11 is 0. The molecular formula is C22H26N2O5. The monoisotopic (exact) mass is 398 g/mol. The summed E-state index contributed by atoms with van der Waals surface area (Å²) in [4.78, 5) is 35.4. The maximum absolute atomic E-state index is 12.3. The van der Waals surface area contributed by atoms with Crippen molar-refractivity contribution in [2.24, 2.45) is 5.92 Å². The predicted octanol–water partition coefficient (Wildman–Crippen LogP) is 3.10. The molecular weight excluding hydrogens is 372 g/mol. The Hall–Kier alpha value is -3.35. The highest BCUT2D eigenvalue weighted by Gasteiger charge is 2.22. The zero-order valence-electron chi connectivity index (χ0n) is 16.5. The van der Waals surface area contributed by atoms with Gasteiger partial charge >= 0.3 is 18.0 Å². The molecule has 0 aliphatic rings. The fraction of sp³-hybridized carbons (Fsp3) is 0.318. The summed E-state index contributed by atoms with van der Waals surface area (Å²) in [6.45, 7) is 1.15. The largest absolute Gasteiger partial charge is 0.481 e. The van der Waals surface area contributed by atoms with Crippen LogP contribution < -0.4 is 5.32 Å². The van der Waals surface area contributed by atoms with Crippen molar-refractivity contribution in [3.63, 3.8) is 0 Å². The number of carboxylic acids is 2. The average molecular weight is 398 g/mol. The minimum absolute atomic E-state index is 0.239. The van der Waals surface area contributed by atoms with E-state index in [-0.39, 0.29) is 6.42 Å². The molecule has 3 N–H and O–H groups in total. The second kappa shape index (κ2) is 10.3. The maximum atomic E-state index is 12.3.